The Kier molecular flexibility index (Phi) is 20.6. The van der Waals surface area contributed by atoms with E-state index < -0.39 is 29.5 Å². The van der Waals surface area contributed by atoms with E-state index in [1.165, 1.54) is 27.4 Å². The van der Waals surface area contributed by atoms with E-state index >= 15 is 0 Å². The molecule has 20 heteroatoms. The number of nitrogens with one attached hydrogen (secondary N) is 4. The Labute approximate surface area is 485 Å². The van der Waals surface area contributed by atoms with Crippen LogP contribution in [0.25, 0.3) is 32.9 Å². The van der Waals surface area contributed by atoms with Gasteiger partial charge in [0, 0.05) is 95.1 Å². The van der Waals surface area contributed by atoms with Crippen molar-refractivity contribution in [2.45, 2.75) is 91.1 Å². The highest BCUT2D eigenvalue weighted by molar-refractivity contribution is 7.13. The lowest BCUT2D eigenvalue weighted by Gasteiger charge is -2.35. The summed E-state index contributed by atoms with van der Waals surface area (Å²) in [7, 11) is 2.18. The van der Waals surface area contributed by atoms with Gasteiger partial charge in [0.15, 0.2) is 0 Å². The van der Waals surface area contributed by atoms with Gasteiger partial charge in [0.25, 0.3) is 0 Å². The minimum Gasteiger partial charge on any atom is -0.491 e. The number of amides is 4. The number of hydrogen-bond donors (Lipinski definition) is 5. The zero-order valence-electron chi connectivity index (χ0n) is 48.0. The molecule has 9 rings (SSSR count). The predicted octanol–water partition coefficient (Wildman–Crippen LogP) is 6.50. The number of anilines is 2. The maximum atomic E-state index is 14.0. The molecule has 5 heterocycles. The topological polar surface area (TPSA) is 216 Å². The minimum atomic E-state index is -0.957. The van der Waals surface area contributed by atoms with Gasteiger partial charge in [-0.05, 0) is 96.9 Å². The molecule has 4 aromatic carbocycles. The summed E-state index contributed by atoms with van der Waals surface area (Å²) in [5.41, 5.74) is 12.1. The Bertz CT molecular complexity index is 3100. The number of aliphatic hydroxyl groups excluding tert-OH is 1. The lowest BCUT2D eigenvalue weighted by Crippen LogP contribution is -2.57. The number of aromatic amines is 1. The molecule has 0 bridgehead atoms. The van der Waals surface area contributed by atoms with Crippen LogP contribution >= 0.6 is 11.3 Å². The minimum absolute atomic E-state index is 0.0204. The summed E-state index contributed by atoms with van der Waals surface area (Å²) in [5, 5.41) is 19.2. The first-order valence-electron chi connectivity index (χ1n) is 28.7. The fourth-order valence-electron chi connectivity index (χ4n) is 10.6. The number of rotatable bonds is 26. The number of H-pyrrole nitrogens is 1. The number of thiazole rings is 1. The number of fused-ring (bicyclic) bond motifs is 2. The SMILES string of the molecule is Cc1ncsc1-c1ccc(CNC(=O)[C@@H]2C[C@@H](O)CN2C(=O)[C@H](NC(=O)CCCC(=O)NCCOCCOCCOCCOc2ccc3c(c2)CCN(c2cccc(-c4nc5ccc(N6CCN(C)CC6)cc5[nH]4)c2)C3)C(C)(C)C)cc1. The molecule has 2 fully saturated rings. The van der Waals surface area contributed by atoms with E-state index in [0.29, 0.717) is 52.8 Å². The molecule has 6 aromatic rings. The van der Waals surface area contributed by atoms with Crippen LogP contribution in [0.5, 0.6) is 5.75 Å². The number of piperazine rings is 1. The third-order valence-electron chi connectivity index (χ3n) is 15.3. The number of benzene rings is 4. The van der Waals surface area contributed by atoms with Gasteiger partial charge in [0.05, 0.1) is 72.9 Å². The Morgan fingerprint density at radius 2 is 1.51 bits per heavy atom. The molecule has 2 aromatic heterocycles. The van der Waals surface area contributed by atoms with Gasteiger partial charge >= 0.3 is 0 Å². The summed E-state index contributed by atoms with van der Waals surface area (Å²) in [6.45, 7) is 16.7. The van der Waals surface area contributed by atoms with Crippen molar-refractivity contribution in [2.24, 2.45) is 5.41 Å². The van der Waals surface area contributed by atoms with Crippen molar-refractivity contribution in [3.63, 3.8) is 0 Å². The van der Waals surface area contributed by atoms with Gasteiger partial charge in [0.2, 0.25) is 23.6 Å². The summed E-state index contributed by atoms with van der Waals surface area (Å²) in [6, 6.07) is 27.6. The molecule has 0 aliphatic carbocycles. The molecule has 19 nitrogen and oxygen atoms in total. The lowest BCUT2D eigenvalue weighted by atomic mass is 9.85. The summed E-state index contributed by atoms with van der Waals surface area (Å²) in [4.78, 5) is 75.7. The second-order valence-electron chi connectivity index (χ2n) is 22.6. The van der Waals surface area contributed by atoms with Crippen molar-refractivity contribution < 1.29 is 43.2 Å². The summed E-state index contributed by atoms with van der Waals surface area (Å²) in [5.74, 6) is 0.308. The predicted molar refractivity (Wildman–Crippen MR) is 319 cm³/mol. The van der Waals surface area contributed by atoms with Gasteiger partial charge in [-0.3, -0.25) is 19.2 Å². The van der Waals surface area contributed by atoms with Crippen molar-refractivity contribution >= 4 is 57.4 Å². The maximum absolute atomic E-state index is 14.0. The first kappa shape index (κ1) is 59.7. The summed E-state index contributed by atoms with van der Waals surface area (Å²) < 4.78 is 23.0. The molecule has 0 unspecified atom stereocenters. The molecule has 3 aliphatic heterocycles. The molecule has 5 N–H and O–H groups in total. The van der Waals surface area contributed by atoms with Crippen molar-refractivity contribution in [3.05, 3.63) is 113 Å². The van der Waals surface area contributed by atoms with Gasteiger partial charge < -0.3 is 64.6 Å². The van der Waals surface area contributed by atoms with E-state index in [4.69, 9.17) is 23.9 Å². The average Bonchev–Trinajstić information content (AvgIpc) is 4.40. The molecular formula is C62H80N10O9S. The summed E-state index contributed by atoms with van der Waals surface area (Å²) in [6.07, 6.45) is 0.566. The second-order valence-corrected chi connectivity index (χ2v) is 23.4. The molecule has 0 saturated carbocycles. The number of nitrogens with zero attached hydrogens (tertiary/aromatic N) is 6. The van der Waals surface area contributed by atoms with Crippen LogP contribution in [-0.4, -0.2) is 171 Å². The fourth-order valence-corrected chi connectivity index (χ4v) is 11.4. The standard InChI is InChI=1S/C62H80N10O9S/c1-42-57(82-41-65-42)44-14-12-43(13-15-44)38-64-60(76)54-37-50(73)40-72(54)61(77)58(62(2,3)4)68-56(75)11-7-10-55(74)63-21-27-78-28-29-79-30-31-80-32-33-81-51-18-16-47-39-71(22-20-45(47)35-51)48-9-6-8-46(34-48)59-66-52-19-17-49(36-53(52)67-59)70-25-23-69(5)24-26-70/h6,8-9,12-19,34-36,41,50,54,58,73H,7,10-11,20-33,37-40H2,1-5H3,(H,63,74)(H,64,76)(H,66,67)(H,68,75)/t50-,54+,58+/m1/s1. The van der Waals surface area contributed by atoms with Crippen LogP contribution in [0.4, 0.5) is 11.4 Å². The average molecular weight is 1140 g/mol. The number of aromatic nitrogens is 3. The van der Waals surface area contributed by atoms with Crippen LogP contribution in [0.15, 0.2) is 90.4 Å². The number of aliphatic hydroxyl groups is 1. The number of hydrogen-bond acceptors (Lipinski definition) is 15. The number of aryl methyl sites for hydroxylation is 1. The van der Waals surface area contributed by atoms with Crippen LogP contribution in [-0.2, 0) is 52.9 Å². The van der Waals surface area contributed by atoms with Crippen molar-refractivity contribution in [1.29, 1.82) is 0 Å². The lowest BCUT2D eigenvalue weighted by molar-refractivity contribution is -0.144. The van der Waals surface area contributed by atoms with Gasteiger partial charge in [-0.15, -0.1) is 11.3 Å². The number of imidazole rings is 1. The van der Waals surface area contributed by atoms with Gasteiger partial charge in [0.1, 0.15) is 30.3 Å². The van der Waals surface area contributed by atoms with Crippen LogP contribution in [0, 0.1) is 12.3 Å². The Morgan fingerprint density at radius 1 is 0.780 bits per heavy atom. The molecular weight excluding hydrogens is 1060 g/mol. The highest BCUT2D eigenvalue weighted by atomic mass is 32.1. The van der Waals surface area contributed by atoms with E-state index in [2.05, 4.69) is 102 Å². The largest absolute Gasteiger partial charge is 0.491 e. The van der Waals surface area contributed by atoms with Crippen molar-refractivity contribution in [1.82, 2.24) is 40.7 Å². The Balaban J connectivity index is 0.591. The third kappa shape index (κ3) is 16.2. The van der Waals surface area contributed by atoms with E-state index in [-0.39, 0.29) is 56.5 Å². The number of ether oxygens (including phenoxy) is 4. The number of carbonyl (C=O) groups is 4. The molecule has 0 radical (unpaired) electrons. The Morgan fingerprint density at radius 3 is 2.26 bits per heavy atom. The zero-order valence-corrected chi connectivity index (χ0v) is 48.9. The van der Waals surface area contributed by atoms with E-state index in [0.717, 1.165) is 95.6 Å². The number of carbonyl (C=O) groups excluding carboxylic acids is 4. The van der Waals surface area contributed by atoms with E-state index in [9.17, 15) is 24.3 Å². The fraction of sp³-hybridized carbons (Fsp3) is 0.484. The second kappa shape index (κ2) is 28.4. The maximum Gasteiger partial charge on any atom is 0.246 e. The smallest absolute Gasteiger partial charge is 0.246 e. The van der Waals surface area contributed by atoms with Crippen LogP contribution in [0.1, 0.15) is 68.8 Å². The zero-order chi connectivity index (χ0) is 57.6. The summed E-state index contributed by atoms with van der Waals surface area (Å²) >= 11 is 1.57. The van der Waals surface area contributed by atoms with Gasteiger partial charge in [-0.2, -0.15) is 0 Å². The van der Waals surface area contributed by atoms with Crippen LogP contribution < -0.4 is 30.5 Å². The highest BCUT2D eigenvalue weighted by Crippen LogP contribution is 2.33. The van der Waals surface area contributed by atoms with Crippen LogP contribution in [0.3, 0.4) is 0 Å². The monoisotopic (exact) mass is 1140 g/mol. The number of likely N-dealkylation sites (N-methyl/N-ethyl adjacent to an activating group) is 1. The highest BCUT2D eigenvalue weighted by Gasteiger charge is 2.44. The first-order valence-corrected chi connectivity index (χ1v) is 29.6. The van der Waals surface area contributed by atoms with E-state index in [1.54, 1.807) is 11.3 Å². The van der Waals surface area contributed by atoms with Crippen molar-refractivity contribution in [3.8, 4) is 27.6 Å². The molecule has 3 aliphatic rings. The number of β-amino-alcohol motifs (C(OH)–C–C–N with tert-alkyl or cyclic N) is 1. The molecule has 438 valence electrons. The quantitative estimate of drug-likeness (QED) is 0.0367. The van der Waals surface area contributed by atoms with Gasteiger partial charge in [-0.25, -0.2) is 9.97 Å². The first-order chi connectivity index (χ1) is 39.6. The van der Waals surface area contributed by atoms with Crippen LogP contribution in [0.2, 0.25) is 0 Å². The Hall–Kier alpha value is -6.94. The van der Waals surface area contributed by atoms with E-state index in [1.807, 2.05) is 63.5 Å². The number of likely N-dealkylation sites (tertiary alicyclic amines) is 1. The normalized spacial score (nSPS) is 17.0. The van der Waals surface area contributed by atoms with Gasteiger partial charge in [-0.1, -0.05) is 63.2 Å². The molecule has 4 amide bonds. The molecule has 82 heavy (non-hydrogen) atoms. The molecule has 3 atom stereocenters. The molecule has 0 spiro atoms. The van der Waals surface area contributed by atoms with Crippen molar-refractivity contribution in [2.75, 3.05) is 109 Å². The third-order valence-corrected chi connectivity index (χ3v) is 16.3. The molecule has 2 saturated heterocycles.